The highest BCUT2D eigenvalue weighted by molar-refractivity contribution is 6.03. The third-order valence-corrected chi connectivity index (χ3v) is 3.58. The van der Waals surface area contributed by atoms with Gasteiger partial charge in [-0.25, -0.2) is 0 Å². The minimum absolute atomic E-state index is 0.309. The molecule has 8 nitrogen and oxygen atoms in total. The van der Waals surface area contributed by atoms with Crippen LogP contribution in [-0.4, -0.2) is 37.0 Å². The molecule has 2 N–H and O–H groups in total. The number of carbonyl (C=O) groups excluding carboxylic acids is 4. The second-order valence-corrected chi connectivity index (χ2v) is 6.18. The first-order valence-corrected chi connectivity index (χ1v) is 9.45. The molecule has 0 unspecified atom stereocenters. The molecule has 0 aliphatic carbocycles. The Kier molecular flexibility index (Phi) is 11.0. The van der Waals surface area contributed by atoms with Crippen LogP contribution >= 0.6 is 0 Å². The fourth-order valence-corrected chi connectivity index (χ4v) is 2.07. The number of amides is 2. The first-order valence-electron chi connectivity index (χ1n) is 9.45. The Balaban J connectivity index is 2.38. The van der Waals surface area contributed by atoms with E-state index in [1.165, 1.54) is 0 Å². The maximum Gasteiger partial charge on any atom is 0.315 e. The Morgan fingerprint density at radius 3 is 1.39 bits per heavy atom. The van der Waals surface area contributed by atoms with Crippen molar-refractivity contribution in [3.8, 4) is 0 Å². The van der Waals surface area contributed by atoms with Gasteiger partial charge in [0.2, 0.25) is 11.8 Å². The number of benzene rings is 1. The highest BCUT2D eigenvalue weighted by Crippen LogP contribution is 2.14. The first kappa shape index (κ1) is 23.1. The molecule has 1 rings (SSSR count). The summed E-state index contributed by atoms with van der Waals surface area (Å²) in [6.07, 6.45) is 2.61. The van der Waals surface area contributed by atoms with Crippen molar-refractivity contribution < 1.29 is 28.7 Å². The summed E-state index contributed by atoms with van der Waals surface area (Å²) < 4.78 is 9.86. The third kappa shape index (κ3) is 10.3. The molecule has 2 amide bonds. The molecule has 0 saturated carbocycles. The highest BCUT2D eigenvalue weighted by Gasteiger charge is 2.12. The van der Waals surface area contributed by atoms with Gasteiger partial charge >= 0.3 is 11.9 Å². The molecule has 0 aromatic heterocycles. The SMILES string of the molecule is CCCCOC(=O)CC(=O)Nc1ccc(NC(=O)CC(=O)OCCCC)cc1. The van der Waals surface area contributed by atoms with Crippen LogP contribution in [0.4, 0.5) is 11.4 Å². The van der Waals surface area contributed by atoms with Crippen LogP contribution in [0.3, 0.4) is 0 Å². The van der Waals surface area contributed by atoms with E-state index in [-0.39, 0.29) is 12.8 Å². The molecule has 0 saturated heterocycles. The van der Waals surface area contributed by atoms with Crippen molar-refractivity contribution >= 4 is 35.1 Å². The average molecular weight is 392 g/mol. The molecule has 0 radical (unpaired) electrons. The Morgan fingerprint density at radius 1 is 0.714 bits per heavy atom. The number of esters is 2. The summed E-state index contributed by atoms with van der Waals surface area (Å²) in [5.41, 5.74) is 0.951. The van der Waals surface area contributed by atoms with E-state index in [9.17, 15) is 19.2 Å². The van der Waals surface area contributed by atoms with Crippen LogP contribution in [0.1, 0.15) is 52.4 Å². The number of hydrogen-bond donors (Lipinski definition) is 2. The minimum atomic E-state index is -0.569. The zero-order valence-corrected chi connectivity index (χ0v) is 16.4. The molecular formula is C20H28N2O6. The number of nitrogens with one attached hydrogen (secondary N) is 2. The molecule has 154 valence electrons. The number of unbranched alkanes of at least 4 members (excludes halogenated alkanes) is 2. The van der Waals surface area contributed by atoms with Crippen LogP contribution in [0, 0.1) is 0 Å². The van der Waals surface area contributed by atoms with E-state index < -0.39 is 23.8 Å². The van der Waals surface area contributed by atoms with E-state index in [4.69, 9.17) is 9.47 Å². The molecule has 0 aliphatic heterocycles. The first-order chi connectivity index (χ1) is 13.4. The molecule has 0 bridgehead atoms. The fraction of sp³-hybridized carbons (Fsp3) is 0.500. The van der Waals surface area contributed by atoms with Crippen LogP contribution < -0.4 is 10.6 Å². The average Bonchev–Trinajstić information content (AvgIpc) is 2.63. The maximum atomic E-state index is 11.8. The van der Waals surface area contributed by atoms with Gasteiger partial charge in [0, 0.05) is 11.4 Å². The molecule has 0 aliphatic rings. The van der Waals surface area contributed by atoms with Gasteiger partial charge in [-0.3, -0.25) is 19.2 Å². The lowest BCUT2D eigenvalue weighted by atomic mass is 10.2. The standard InChI is InChI=1S/C20H28N2O6/c1-3-5-11-27-19(25)13-17(23)21-15-7-9-16(10-8-15)22-18(24)14-20(26)28-12-6-4-2/h7-10H,3-6,11-14H2,1-2H3,(H,21,23)(H,22,24). The van der Waals surface area contributed by atoms with Gasteiger partial charge in [-0.2, -0.15) is 0 Å². The molecule has 0 fully saturated rings. The molecule has 8 heteroatoms. The molecule has 28 heavy (non-hydrogen) atoms. The van der Waals surface area contributed by atoms with Gasteiger partial charge in [-0.05, 0) is 37.1 Å². The van der Waals surface area contributed by atoms with Crippen molar-refractivity contribution in [2.75, 3.05) is 23.8 Å². The zero-order chi connectivity index (χ0) is 20.8. The van der Waals surface area contributed by atoms with Gasteiger partial charge in [0.25, 0.3) is 0 Å². The van der Waals surface area contributed by atoms with E-state index in [1.54, 1.807) is 24.3 Å². The Hall–Kier alpha value is -2.90. The van der Waals surface area contributed by atoms with Gasteiger partial charge in [-0.15, -0.1) is 0 Å². The van der Waals surface area contributed by atoms with E-state index in [1.807, 2.05) is 13.8 Å². The van der Waals surface area contributed by atoms with Gasteiger partial charge < -0.3 is 20.1 Å². The zero-order valence-electron chi connectivity index (χ0n) is 16.4. The van der Waals surface area contributed by atoms with Gasteiger partial charge in [0.15, 0.2) is 0 Å². The maximum absolute atomic E-state index is 11.8. The topological polar surface area (TPSA) is 111 Å². The highest BCUT2D eigenvalue weighted by atomic mass is 16.5. The largest absolute Gasteiger partial charge is 0.465 e. The second kappa shape index (κ2) is 13.3. The fourth-order valence-electron chi connectivity index (χ4n) is 2.07. The van der Waals surface area contributed by atoms with Gasteiger partial charge in [0.05, 0.1) is 13.2 Å². The molecule has 0 atom stereocenters. The predicted octanol–water partition coefficient (Wildman–Crippen LogP) is 3.03. The number of ether oxygens (including phenoxy) is 2. The van der Waals surface area contributed by atoms with Crippen molar-refractivity contribution in [3.05, 3.63) is 24.3 Å². The van der Waals surface area contributed by atoms with Crippen molar-refractivity contribution in [1.29, 1.82) is 0 Å². The lowest BCUT2D eigenvalue weighted by molar-refractivity contribution is -0.147. The van der Waals surface area contributed by atoms with Crippen molar-refractivity contribution in [3.63, 3.8) is 0 Å². The summed E-state index contributed by atoms with van der Waals surface area (Å²) in [5.74, 6) is -2.09. The summed E-state index contributed by atoms with van der Waals surface area (Å²) >= 11 is 0. The van der Waals surface area contributed by atoms with E-state index in [0.717, 1.165) is 25.7 Å². The molecule has 1 aromatic carbocycles. The van der Waals surface area contributed by atoms with Gasteiger partial charge in [-0.1, -0.05) is 26.7 Å². The van der Waals surface area contributed by atoms with Crippen LogP contribution in [0.5, 0.6) is 0 Å². The summed E-state index contributed by atoms with van der Waals surface area (Å²) in [5, 5.41) is 5.16. The lowest BCUT2D eigenvalue weighted by Crippen LogP contribution is -2.19. The van der Waals surface area contributed by atoms with Gasteiger partial charge in [0.1, 0.15) is 12.8 Å². The van der Waals surface area contributed by atoms with Crippen LogP contribution in [0.25, 0.3) is 0 Å². The second-order valence-electron chi connectivity index (χ2n) is 6.18. The third-order valence-electron chi connectivity index (χ3n) is 3.58. The Labute approximate surface area is 165 Å². The monoisotopic (exact) mass is 392 g/mol. The minimum Gasteiger partial charge on any atom is -0.465 e. The van der Waals surface area contributed by atoms with Crippen LogP contribution in [0.15, 0.2) is 24.3 Å². The normalized spacial score (nSPS) is 10.1. The Morgan fingerprint density at radius 2 is 1.07 bits per heavy atom. The Bertz CT molecular complexity index is 600. The molecule has 0 heterocycles. The molecule has 1 aromatic rings. The predicted molar refractivity (Wildman–Crippen MR) is 105 cm³/mol. The number of anilines is 2. The summed E-state index contributed by atoms with van der Waals surface area (Å²) in [6.45, 7) is 4.57. The number of hydrogen-bond acceptors (Lipinski definition) is 6. The molecular weight excluding hydrogens is 364 g/mol. The van der Waals surface area contributed by atoms with E-state index in [0.29, 0.717) is 24.6 Å². The molecule has 0 spiro atoms. The number of rotatable bonds is 12. The van der Waals surface area contributed by atoms with Crippen LogP contribution in [0.2, 0.25) is 0 Å². The summed E-state index contributed by atoms with van der Waals surface area (Å²) in [6, 6.07) is 6.32. The van der Waals surface area contributed by atoms with Crippen LogP contribution in [-0.2, 0) is 28.7 Å². The van der Waals surface area contributed by atoms with Crippen molar-refractivity contribution in [2.45, 2.75) is 52.4 Å². The lowest BCUT2D eigenvalue weighted by Gasteiger charge is -2.08. The quantitative estimate of drug-likeness (QED) is 0.321. The van der Waals surface area contributed by atoms with E-state index in [2.05, 4.69) is 10.6 Å². The smallest absolute Gasteiger partial charge is 0.315 e. The summed E-state index contributed by atoms with van der Waals surface area (Å²) in [4.78, 5) is 46.6. The van der Waals surface area contributed by atoms with Crippen molar-refractivity contribution in [2.24, 2.45) is 0 Å². The summed E-state index contributed by atoms with van der Waals surface area (Å²) in [7, 11) is 0. The van der Waals surface area contributed by atoms with Crippen molar-refractivity contribution in [1.82, 2.24) is 0 Å². The van der Waals surface area contributed by atoms with E-state index >= 15 is 0 Å². The number of carbonyl (C=O) groups is 4.